The molecule has 2 aromatic carbocycles. The number of amides is 2. The Balaban J connectivity index is 1.36. The van der Waals surface area contributed by atoms with E-state index in [4.69, 9.17) is 16.3 Å². The maximum absolute atomic E-state index is 12.2. The van der Waals surface area contributed by atoms with Gasteiger partial charge in [-0.15, -0.1) is 13.2 Å². The lowest BCUT2D eigenvalue weighted by Crippen LogP contribution is -2.19. The Morgan fingerprint density at radius 3 is 2.33 bits per heavy atom. The first-order chi connectivity index (χ1) is 15.7. The Morgan fingerprint density at radius 1 is 0.909 bits per heavy atom. The molecule has 168 valence electrons. The van der Waals surface area contributed by atoms with E-state index in [0.29, 0.717) is 27.5 Å². The third kappa shape index (κ3) is 5.98. The van der Waals surface area contributed by atoms with Crippen molar-refractivity contribution in [2.75, 3.05) is 10.6 Å². The van der Waals surface area contributed by atoms with Crippen molar-refractivity contribution < 1.29 is 27.4 Å². The highest BCUT2D eigenvalue weighted by molar-refractivity contribution is 6.31. The van der Waals surface area contributed by atoms with Gasteiger partial charge in [0.25, 0.3) is 0 Å². The van der Waals surface area contributed by atoms with Crippen LogP contribution in [0.1, 0.15) is 0 Å². The summed E-state index contributed by atoms with van der Waals surface area (Å²) in [5.74, 6) is 0.129. The Kier molecular flexibility index (Phi) is 6.13. The van der Waals surface area contributed by atoms with Crippen LogP contribution in [0.5, 0.6) is 17.5 Å². The molecule has 0 aliphatic carbocycles. The minimum absolute atomic E-state index is 0.233. The van der Waals surface area contributed by atoms with Crippen LogP contribution < -0.4 is 20.1 Å². The predicted octanol–water partition coefficient (Wildman–Crippen LogP) is 6.01. The monoisotopic (exact) mass is 475 g/mol. The fourth-order valence-corrected chi connectivity index (χ4v) is 2.90. The number of anilines is 2. The number of fused-ring (bicyclic) bond motifs is 1. The van der Waals surface area contributed by atoms with E-state index in [-0.39, 0.29) is 11.6 Å². The number of pyridine rings is 1. The number of alkyl halides is 3. The number of ether oxygens (including phenoxy) is 2. The zero-order valence-corrected chi connectivity index (χ0v) is 17.2. The highest BCUT2D eigenvalue weighted by atomic mass is 35.5. The van der Waals surface area contributed by atoms with Crippen molar-refractivity contribution in [3.63, 3.8) is 0 Å². The summed E-state index contributed by atoms with van der Waals surface area (Å²) in [6.07, 6.45) is -2.07. The molecule has 0 saturated heterocycles. The Hall–Kier alpha value is -4.12. The molecule has 4 aromatic rings. The first kappa shape index (κ1) is 22.1. The van der Waals surface area contributed by atoms with Crippen molar-refractivity contribution in [1.29, 1.82) is 0 Å². The third-order valence-corrected chi connectivity index (χ3v) is 4.34. The SMILES string of the molecule is O=C(Nc1ccc(OC(F)(F)F)cc1)Nc1ccc(Oc2ncnc3cc(Cl)ccc23)nc1. The molecule has 4 rings (SSSR count). The van der Waals surface area contributed by atoms with Crippen LogP contribution in [0.25, 0.3) is 10.9 Å². The number of hydrogen-bond donors (Lipinski definition) is 2. The first-order valence-corrected chi connectivity index (χ1v) is 9.61. The Labute approximate surface area is 189 Å². The number of hydrogen-bond acceptors (Lipinski definition) is 6. The van der Waals surface area contributed by atoms with Gasteiger partial charge in [-0.1, -0.05) is 11.6 Å². The molecule has 2 aromatic heterocycles. The summed E-state index contributed by atoms with van der Waals surface area (Å²) >= 11 is 5.97. The number of carbonyl (C=O) groups excluding carboxylic acids is 1. The van der Waals surface area contributed by atoms with Gasteiger partial charge in [-0.3, -0.25) is 0 Å². The fourth-order valence-electron chi connectivity index (χ4n) is 2.73. The molecule has 0 aliphatic rings. The summed E-state index contributed by atoms with van der Waals surface area (Å²) in [6.45, 7) is 0. The molecule has 0 aliphatic heterocycles. The average Bonchev–Trinajstić information content (AvgIpc) is 2.75. The lowest BCUT2D eigenvalue weighted by Gasteiger charge is -2.11. The second-order valence-electron chi connectivity index (χ2n) is 6.48. The predicted molar refractivity (Wildman–Crippen MR) is 115 cm³/mol. The van der Waals surface area contributed by atoms with E-state index < -0.39 is 18.1 Å². The Morgan fingerprint density at radius 2 is 1.64 bits per heavy atom. The summed E-state index contributed by atoms with van der Waals surface area (Å²) in [5, 5.41) is 6.22. The number of aromatic nitrogens is 3. The second-order valence-corrected chi connectivity index (χ2v) is 6.92. The smallest absolute Gasteiger partial charge is 0.420 e. The standard InChI is InChI=1S/C21H13ClF3N5O3/c22-12-1-7-16-17(9-12)27-11-28-19(16)32-18-8-4-14(10-26-18)30-20(31)29-13-2-5-15(6-3-13)33-21(23,24)25/h1-11H,(H2,29,30,31). The quantitative estimate of drug-likeness (QED) is 0.366. The molecular formula is C21H13ClF3N5O3. The van der Waals surface area contributed by atoms with Crippen molar-refractivity contribution in [2.24, 2.45) is 0 Å². The van der Waals surface area contributed by atoms with Gasteiger partial charge in [0.05, 0.1) is 22.8 Å². The van der Waals surface area contributed by atoms with Gasteiger partial charge >= 0.3 is 12.4 Å². The third-order valence-electron chi connectivity index (χ3n) is 4.10. The van der Waals surface area contributed by atoms with Gasteiger partial charge in [-0.25, -0.2) is 19.7 Å². The summed E-state index contributed by atoms with van der Waals surface area (Å²) in [5.41, 5.74) is 1.24. The van der Waals surface area contributed by atoms with Crippen molar-refractivity contribution >= 4 is 39.9 Å². The molecule has 2 N–H and O–H groups in total. The van der Waals surface area contributed by atoms with Gasteiger partial charge in [0.2, 0.25) is 11.8 Å². The van der Waals surface area contributed by atoms with Crippen molar-refractivity contribution in [1.82, 2.24) is 15.0 Å². The van der Waals surface area contributed by atoms with E-state index in [0.717, 1.165) is 12.1 Å². The summed E-state index contributed by atoms with van der Waals surface area (Å²) < 4.78 is 46.1. The first-order valence-electron chi connectivity index (χ1n) is 9.23. The number of nitrogens with one attached hydrogen (secondary N) is 2. The molecule has 33 heavy (non-hydrogen) atoms. The zero-order chi connectivity index (χ0) is 23.4. The zero-order valence-electron chi connectivity index (χ0n) is 16.4. The van der Waals surface area contributed by atoms with Crippen LogP contribution in [0.15, 0.2) is 67.1 Å². The normalized spacial score (nSPS) is 11.2. The highest BCUT2D eigenvalue weighted by Crippen LogP contribution is 2.28. The molecule has 0 atom stereocenters. The molecule has 2 heterocycles. The number of rotatable bonds is 5. The number of carbonyl (C=O) groups is 1. The maximum atomic E-state index is 12.2. The van der Waals surface area contributed by atoms with E-state index in [1.165, 1.54) is 30.7 Å². The van der Waals surface area contributed by atoms with Gasteiger partial charge in [0.15, 0.2) is 0 Å². The molecule has 0 fully saturated rings. The van der Waals surface area contributed by atoms with Crippen molar-refractivity contribution in [3.8, 4) is 17.5 Å². The number of halogens is 4. The van der Waals surface area contributed by atoms with Crippen LogP contribution in [0.3, 0.4) is 0 Å². The van der Waals surface area contributed by atoms with Crippen LogP contribution in [-0.4, -0.2) is 27.3 Å². The maximum Gasteiger partial charge on any atom is 0.573 e. The van der Waals surface area contributed by atoms with E-state index in [2.05, 4.69) is 30.3 Å². The molecule has 0 unspecified atom stereocenters. The fraction of sp³-hybridized carbons (Fsp3) is 0.0476. The molecule has 12 heteroatoms. The van der Waals surface area contributed by atoms with Crippen LogP contribution in [0, 0.1) is 0 Å². The molecular weight excluding hydrogens is 463 g/mol. The molecule has 0 spiro atoms. The number of urea groups is 1. The molecule has 8 nitrogen and oxygen atoms in total. The van der Waals surface area contributed by atoms with Crippen LogP contribution >= 0.6 is 11.6 Å². The minimum atomic E-state index is -4.79. The van der Waals surface area contributed by atoms with Crippen molar-refractivity contribution in [3.05, 3.63) is 72.1 Å². The van der Waals surface area contributed by atoms with Gasteiger partial charge in [-0.2, -0.15) is 0 Å². The lowest BCUT2D eigenvalue weighted by molar-refractivity contribution is -0.274. The largest absolute Gasteiger partial charge is 0.573 e. The Bertz CT molecular complexity index is 1290. The van der Waals surface area contributed by atoms with E-state index in [1.807, 2.05) is 0 Å². The van der Waals surface area contributed by atoms with Crippen molar-refractivity contribution in [2.45, 2.75) is 6.36 Å². The van der Waals surface area contributed by atoms with Gasteiger partial charge < -0.3 is 20.1 Å². The minimum Gasteiger partial charge on any atom is -0.420 e. The van der Waals surface area contributed by atoms with E-state index in [9.17, 15) is 18.0 Å². The summed E-state index contributed by atoms with van der Waals surface area (Å²) in [6, 6.07) is 12.3. The summed E-state index contributed by atoms with van der Waals surface area (Å²) in [4.78, 5) is 24.5. The molecule has 0 bridgehead atoms. The van der Waals surface area contributed by atoms with Crippen LogP contribution in [-0.2, 0) is 0 Å². The molecule has 0 saturated carbocycles. The van der Waals surface area contributed by atoms with E-state index in [1.54, 1.807) is 24.3 Å². The molecule has 2 amide bonds. The average molecular weight is 476 g/mol. The van der Waals surface area contributed by atoms with Gasteiger partial charge in [0.1, 0.15) is 12.1 Å². The molecule has 0 radical (unpaired) electrons. The highest BCUT2D eigenvalue weighted by Gasteiger charge is 2.30. The number of benzene rings is 2. The topological polar surface area (TPSA) is 98.3 Å². The van der Waals surface area contributed by atoms with Crippen LogP contribution in [0.2, 0.25) is 5.02 Å². The van der Waals surface area contributed by atoms with Gasteiger partial charge in [-0.05, 0) is 48.5 Å². The van der Waals surface area contributed by atoms with Crippen LogP contribution in [0.4, 0.5) is 29.3 Å². The lowest BCUT2D eigenvalue weighted by atomic mass is 10.2. The van der Waals surface area contributed by atoms with E-state index >= 15 is 0 Å². The number of nitrogens with zero attached hydrogens (tertiary/aromatic N) is 3. The second kappa shape index (κ2) is 9.17. The van der Waals surface area contributed by atoms with Gasteiger partial charge in [0, 0.05) is 16.8 Å². The summed E-state index contributed by atoms with van der Waals surface area (Å²) in [7, 11) is 0.